The number of H-pyrrole nitrogens is 1. The number of halogens is 2. The maximum atomic E-state index is 12.0. The zero-order valence-electron chi connectivity index (χ0n) is 11.9. The highest BCUT2D eigenvalue weighted by atomic mass is 35.5. The predicted molar refractivity (Wildman–Crippen MR) is 90.1 cm³/mol. The topological polar surface area (TPSA) is 74.8 Å². The van der Waals surface area contributed by atoms with Crippen LogP contribution < -0.4 is 10.9 Å². The quantitative estimate of drug-likeness (QED) is 0.649. The third kappa shape index (κ3) is 4.03. The number of para-hydroxylation sites is 1. The summed E-state index contributed by atoms with van der Waals surface area (Å²) in [5.74, 6) is -0.214. The van der Waals surface area contributed by atoms with E-state index in [9.17, 15) is 9.59 Å². The number of aromatic nitrogens is 2. The Morgan fingerprint density at radius 3 is 2.55 bits per heavy atom. The van der Waals surface area contributed by atoms with E-state index in [2.05, 4.69) is 15.3 Å². The molecule has 1 amide bonds. The smallest absolute Gasteiger partial charge is 0.254 e. The molecule has 1 heterocycles. The Hall–Kier alpha value is -1.50. The van der Waals surface area contributed by atoms with Crippen molar-refractivity contribution in [2.45, 2.75) is 19.0 Å². The molecule has 0 aliphatic rings. The summed E-state index contributed by atoms with van der Waals surface area (Å²) in [4.78, 5) is 30.4. The van der Waals surface area contributed by atoms with Gasteiger partial charge in [0, 0.05) is 11.3 Å². The van der Waals surface area contributed by atoms with Crippen molar-refractivity contribution in [1.82, 2.24) is 9.97 Å². The molecule has 0 unspecified atom stereocenters. The van der Waals surface area contributed by atoms with Gasteiger partial charge in [0.25, 0.3) is 5.56 Å². The number of carbonyl (C=O) groups excluding carboxylic acids is 1. The Bertz CT molecular complexity index is 757. The fraction of sp³-hybridized carbons (Fsp3) is 0.214. The Balaban J connectivity index is 2.03. The first-order valence-corrected chi connectivity index (χ1v) is 8.07. The van der Waals surface area contributed by atoms with Gasteiger partial charge in [0.05, 0.1) is 21.5 Å². The van der Waals surface area contributed by atoms with Crippen LogP contribution in [0.2, 0.25) is 10.0 Å². The lowest BCUT2D eigenvalue weighted by Crippen LogP contribution is -2.17. The van der Waals surface area contributed by atoms with Gasteiger partial charge >= 0.3 is 0 Å². The molecule has 0 radical (unpaired) electrons. The van der Waals surface area contributed by atoms with E-state index < -0.39 is 0 Å². The first-order chi connectivity index (χ1) is 10.4. The Kier molecular flexibility index (Phi) is 5.50. The fourth-order valence-electron chi connectivity index (χ4n) is 1.61. The molecule has 0 saturated carbocycles. The van der Waals surface area contributed by atoms with Crippen LogP contribution in [0, 0.1) is 13.8 Å². The largest absolute Gasteiger partial charge is 0.323 e. The van der Waals surface area contributed by atoms with E-state index in [0.29, 0.717) is 32.1 Å². The van der Waals surface area contributed by atoms with E-state index in [1.165, 1.54) is 0 Å². The Morgan fingerprint density at radius 2 is 1.95 bits per heavy atom. The number of carbonyl (C=O) groups is 1. The van der Waals surface area contributed by atoms with Crippen LogP contribution in [-0.2, 0) is 4.79 Å². The third-order valence-electron chi connectivity index (χ3n) is 2.94. The monoisotopic (exact) mass is 357 g/mol. The SMILES string of the molecule is Cc1nc(SCC(=O)Nc2c(Cl)cccc2Cl)[nH]c(=O)c1C. The molecular weight excluding hydrogens is 345 g/mol. The van der Waals surface area contributed by atoms with Crippen LogP contribution in [0.1, 0.15) is 11.3 Å². The van der Waals surface area contributed by atoms with Crippen molar-refractivity contribution >= 4 is 46.6 Å². The van der Waals surface area contributed by atoms with Crippen LogP contribution in [0.4, 0.5) is 5.69 Å². The standard InChI is InChI=1S/C14H13Cl2N3O2S/c1-7-8(2)17-14(19-13(7)21)22-6-11(20)18-12-9(15)4-3-5-10(12)16/h3-5H,6H2,1-2H3,(H,18,20)(H,17,19,21). The minimum Gasteiger partial charge on any atom is -0.323 e. The number of rotatable bonds is 4. The highest BCUT2D eigenvalue weighted by Crippen LogP contribution is 2.30. The van der Waals surface area contributed by atoms with E-state index in [0.717, 1.165) is 11.8 Å². The van der Waals surface area contributed by atoms with Crippen molar-refractivity contribution in [2.24, 2.45) is 0 Å². The second-order valence-corrected chi connectivity index (χ2v) is 6.29. The predicted octanol–water partition coefficient (Wildman–Crippen LogP) is 3.42. The second-order valence-electron chi connectivity index (χ2n) is 4.52. The molecule has 0 saturated heterocycles. The molecule has 0 bridgehead atoms. The average Bonchev–Trinajstić information content (AvgIpc) is 2.46. The highest BCUT2D eigenvalue weighted by molar-refractivity contribution is 7.99. The summed E-state index contributed by atoms with van der Waals surface area (Å²) in [5, 5.41) is 3.77. The van der Waals surface area contributed by atoms with Crippen LogP contribution in [-0.4, -0.2) is 21.6 Å². The molecule has 8 heteroatoms. The molecule has 0 spiro atoms. The molecule has 1 aromatic heterocycles. The van der Waals surface area contributed by atoms with Crippen molar-refractivity contribution < 1.29 is 4.79 Å². The van der Waals surface area contributed by atoms with Crippen LogP contribution in [0.5, 0.6) is 0 Å². The number of nitrogens with zero attached hydrogens (tertiary/aromatic N) is 1. The lowest BCUT2D eigenvalue weighted by molar-refractivity contribution is -0.113. The van der Waals surface area contributed by atoms with Crippen molar-refractivity contribution in [2.75, 3.05) is 11.1 Å². The van der Waals surface area contributed by atoms with Gasteiger partial charge in [-0.3, -0.25) is 9.59 Å². The summed E-state index contributed by atoms with van der Waals surface area (Å²) in [5.41, 5.74) is 1.37. The maximum absolute atomic E-state index is 12.0. The molecule has 1 aromatic carbocycles. The summed E-state index contributed by atoms with van der Waals surface area (Å²) < 4.78 is 0. The van der Waals surface area contributed by atoms with E-state index >= 15 is 0 Å². The van der Waals surface area contributed by atoms with Gasteiger partial charge in [-0.1, -0.05) is 41.0 Å². The van der Waals surface area contributed by atoms with Crippen molar-refractivity contribution in [3.63, 3.8) is 0 Å². The van der Waals surface area contributed by atoms with E-state index in [-0.39, 0.29) is 17.2 Å². The van der Waals surface area contributed by atoms with Crippen LogP contribution >= 0.6 is 35.0 Å². The van der Waals surface area contributed by atoms with E-state index in [1.807, 2.05) is 0 Å². The summed E-state index contributed by atoms with van der Waals surface area (Å²) >= 11 is 13.1. The summed E-state index contributed by atoms with van der Waals surface area (Å²) in [6.45, 7) is 3.44. The Labute approximate surface area is 141 Å². The van der Waals surface area contributed by atoms with Gasteiger partial charge in [0.2, 0.25) is 5.91 Å². The van der Waals surface area contributed by atoms with Crippen molar-refractivity contribution in [3.8, 4) is 0 Å². The Morgan fingerprint density at radius 1 is 1.32 bits per heavy atom. The average molecular weight is 358 g/mol. The lowest BCUT2D eigenvalue weighted by atomic mass is 10.3. The van der Waals surface area contributed by atoms with Crippen LogP contribution in [0.15, 0.2) is 28.2 Å². The molecular formula is C14H13Cl2N3O2S. The van der Waals surface area contributed by atoms with Gasteiger partial charge in [-0.25, -0.2) is 4.98 Å². The molecule has 116 valence electrons. The van der Waals surface area contributed by atoms with Gasteiger partial charge in [-0.05, 0) is 26.0 Å². The number of nitrogens with one attached hydrogen (secondary N) is 2. The molecule has 0 atom stereocenters. The third-order valence-corrected chi connectivity index (χ3v) is 4.44. The van der Waals surface area contributed by atoms with E-state index in [1.54, 1.807) is 32.0 Å². The van der Waals surface area contributed by atoms with Crippen molar-refractivity contribution in [3.05, 3.63) is 49.9 Å². The lowest BCUT2D eigenvalue weighted by Gasteiger charge is -2.09. The number of thioether (sulfide) groups is 1. The number of hydrogen-bond acceptors (Lipinski definition) is 4. The number of anilines is 1. The summed E-state index contributed by atoms with van der Waals surface area (Å²) in [6.07, 6.45) is 0. The number of amides is 1. The van der Waals surface area contributed by atoms with Gasteiger partial charge in [-0.2, -0.15) is 0 Å². The summed E-state index contributed by atoms with van der Waals surface area (Å²) in [7, 11) is 0. The second kappa shape index (κ2) is 7.17. The maximum Gasteiger partial charge on any atom is 0.254 e. The molecule has 0 aliphatic heterocycles. The minimum atomic E-state index is -0.291. The normalized spacial score (nSPS) is 10.5. The number of hydrogen-bond donors (Lipinski definition) is 2. The molecule has 2 rings (SSSR count). The summed E-state index contributed by atoms with van der Waals surface area (Å²) in [6, 6.07) is 4.97. The van der Waals surface area contributed by atoms with Gasteiger partial charge in [0.15, 0.2) is 5.16 Å². The van der Waals surface area contributed by atoms with Crippen molar-refractivity contribution in [1.29, 1.82) is 0 Å². The molecule has 2 N–H and O–H groups in total. The minimum absolute atomic E-state index is 0.0764. The van der Waals surface area contributed by atoms with Gasteiger partial charge in [-0.15, -0.1) is 0 Å². The fourth-order valence-corrected chi connectivity index (χ4v) is 2.81. The van der Waals surface area contributed by atoms with Gasteiger partial charge < -0.3 is 10.3 Å². The highest BCUT2D eigenvalue weighted by Gasteiger charge is 2.11. The molecule has 2 aromatic rings. The zero-order chi connectivity index (χ0) is 16.3. The zero-order valence-corrected chi connectivity index (χ0v) is 14.2. The number of benzene rings is 1. The molecule has 22 heavy (non-hydrogen) atoms. The first kappa shape index (κ1) is 16.9. The molecule has 0 fully saturated rings. The number of aryl methyl sites for hydroxylation is 1. The molecule has 5 nitrogen and oxygen atoms in total. The van der Waals surface area contributed by atoms with Crippen LogP contribution in [0.25, 0.3) is 0 Å². The first-order valence-electron chi connectivity index (χ1n) is 6.32. The molecule has 0 aliphatic carbocycles. The van der Waals surface area contributed by atoms with Crippen LogP contribution in [0.3, 0.4) is 0 Å². The number of aromatic amines is 1. The van der Waals surface area contributed by atoms with E-state index in [4.69, 9.17) is 23.2 Å². The van der Waals surface area contributed by atoms with Gasteiger partial charge in [0.1, 0.15) is 0 Å².